The maximum absolute atomic E-state index is 14.6. The molecule has 0 bridgehead atoms. The highest BCUT2D eigenvalue weighted by molar-refractivity contribution is 5.98. The highest BCUT2D eigenvalue weighted by Gasteiger charge is 2.58. The Kier molecular flexibility index (Phi) is 9.59. The lowest BCUT2D eigenvalue weighted by Crippen LogP contribution is -2.78. The van der Waals surface area contributed by atoms with Crippen molar-refractivity contribution in [3.05, 3.63) is 71.8 Å². The van der Waals surface area contributed by atoms with Crippen LogP contribution in [-0.2, 0) is 20.7 Å². The van der Waals surface area contributed by atoms with E-state index in [9.17, 15) is 19.2 Å². The van der Waals surface area contributed by atoms with Gasteiger partial charge in [-0.2, -0.15) is 5.01 Å². The normalized spacial score (nSPS) is 19.4. The van der Waals surface area contributed by atoms with Crippen LogP contribution in [0.4, 0.5) is 9.59 Å². The zero-order chi connectivity index (χ0) is 31.5. The van der Waals surface area contributed by atoms with Gasteiger partial charge in [0.15, 0.2) is 5.54 Å². The van der Waals surface area contributed by atoms with Crippen molar-refractivity contribution in [3.63, 3.8) is 0 Å². The predicted molar refractivity (Wildman–Crippen MR) is 159 cm³/mol. The number of ether oxygens (including phenoxy) is 2. The molecular weight excluding hydrogens is 536 g/mol. The molecule has 1 heterocycles. The van der Waals surface area contributed by atoms with Crippen LogP contribution in [0.1, 0.15) is 71.3 Å². The molecule has 2 aromatic carbocycles. The van der Waals surface area contributed by atoms with Gasteiger partial charge in [-0.15, -0.1) is 0 Å². The van der Waals surface area contributed by atoms with Crippen LogP contribution >= 0.6 is 0 Å². The molecule has 0 saturated carbocycles. The van der Waals surface area contributed by atoms with Crippen LogP contribution in [0.25, 0.3) is 0 Å². The van der Waals surface area contributed by atoms with E-state index >= 15 is 0 Å². The highest BCUT2D eigenvalue weighted by Crippen LogP contribution is 2.35. The predicted octanol–water partition coefficient (Wildman–Crippen LogP) is 5.24. The van der Waals surface area contributed by atoms with Crippen LogP contribution in [-0.4, -0.2) is 75.3 Å². The molecule has 42 heavy (non-hydrogen) atoms. The van der Waals surface area contributed by atoms with Gasteiger partial charge in [0.25, 0.3) is 11.8 Å². The van der Waals surface area contributed by atoms with E-state index in [1.54, 1.807) is 77.8 Å². The molecule has 1 aliphatic heterocycles. The second-order valence-electron chi connectivity index (χ2n) is 13.0. The average molecular weight is 581 g/mol. The summed E-state index contributed by atoms with van der Waals surface area (Å²) in [5, 5.41) is 0.917. The molecular formula is C32H44N4O6. The number of carbonyl (C=O) groups is 4. The van der Waals surface area contributed by atoms with Crippen molar-refractivity contribution in [2.24, 2.45) is 5.92 Å². The summed E-state index contributed by atoms with van der Waals surface area (Å²) >= 11 is 0. The lowest BCUT2D eigenvalue weighted by Gasteiger charge is -2.54. The molecule has 228 valence electrons. The van der Waals surface area contributed by atoms with E-state index in [0.29, 0.717) is 11.1 Å². The molecule has 0 radical (unpaired) electrons. The Morgan fingerprint density at radius 1 is 0.929 bits per heavy atom. The van der Waals surface area contributed by atoms with Crippen molar-refractivity contribution in [1.82, 2.24) is 20.2 Å². The number of nitrogens with one attached hydrogen (secondary N) is 1. The van der Waals surface area contributed by atoms with Crippen molar-refractivity contribution in [2.75, 3.05) is 13.6 Å². The topological polar surface area (TPSA) is 108 Å². The van der Waals surface area contributed by atoms with E-state index in [0.717, 1.165) is 5.01 Å². The van der Waals surface area contributed by atoms with Gasteiger partial charge >= 0.3 is 12.2 Å². The lowest BCUT2D eigenvalue weighted by atomic mass is 9.84. The van der Waals surface area contributed by atoms with E-state index in [4.69, 9.17) is 9.47 Å². The lowest BCUT2D eigenvalue weighted by molar-refractivity contribution is -0.164. The van der Waals surface area contributed by atoms with E-state index in [2.05, 4.69) is 5.43 Å². The van der Waals surface area contributed by atoms with Crippen LogP contribution < -0.4 is 5.43 Å². The van der Waals surface area contributed by atoms with Gasteiger partial charge in [0.05, 0.1) is 6.54 Å². The van der Waals surface area contributed by atoms with Crippen LogP contribution in [0.5, 0.6) is 0 Å². The number of amides is 4. The number of likely N-dealkylation sites (N-methyl/N-ethyl adjacent to an activating group) is 1. The molecule has 10 heteroatoms. The molecule has 0 aromatic heterocycles. The fourth-order valence-corrected chi connectivity index (χ4v) is 5.18. The molecule has 0 spiro atoms. The Morgan fingerprint density at radius 3 is 1.95 bits per heavy atom. The standard InChI is InChI=1S/C32H44N4O6/c1-22(2)25-34(9)27(38)32(20-23-16-12-10-13-17-23,21-35(25)26(37)24-18-14-11-15-19-24)36(29(40)42-31(6,7)8)33-28(39)41-30(3,4)5/h10-19,22,25H,20-21H2,1-9H3,(H,33,39)/t25-,32+/m1/s1. The summed E-state index contributed by atoms with van der Waals surface area (Å²) in [7, 11) is 1.61. The smallest absolute Gasteiger partial charge is 0.430 e. The van der Waals surface area contributed by atoms with E-state index in [-0.39, 0.29) is 24.8 Å². The molecule has 0 unspecified atom stereocenters. The highest BCUT2D eigenvalue weighted by atomic mass is 16.6. The monoisotopic (exact) mass is 580 g/mol. The van der Waals surface area contributed by atoms with Crippen molar-refractivity contribution >= 4 is 24.0 Å². The first-order chi connectivity index (χ1) is 19.4. The zero-order valence-electron chi connectivity index (χ0n) is 26.1. The van der Waals surface area contributed by atoms with Gasteiger partial charge in [-0.1, -0.05) is 62.4 Å². The van der Waals surface area contributed by atoms with Crippen LogP contribution in [0.2, 0.25) is 0 Å². The first-order valence-electron chi connectivity index (χ1n) is 14.2. The minimum absolute atomic E-state index is 0.0184. The van der Waals surface area contributed by atoms with Gasteiger partial charge in [-0.05, 0) is 65.2 Å². The van der Waals surface area contributed by atoms with E-state index in [1.807, 2.05) is 50.2 Å². The molecule has 1 fully saturated rings. The summed E-state index contributed by atoms with van der Waals surface area (Å²) in [6, 6.07) is 17.9. The Labute approximate surface area is 248 Å². The molecule has 1 N–H and O–H groups in total. The fraction of sp³-hybridized carbons (Fsp3) is 0.500. The maximum atomic E-state index is 14.6. The number of hydrazine groups is 1. The summed E-state index contributed by atoms with van der Waals surface area (Å²) in [5.74, 6) is -0.910. The summed E-state index contributed by atoms with van der Waals surface area (Å²) in [6.07, 6.45) is -2.53. The van der Waals surface area contributed by atoms with Gasteiger partial charge in [-0.25, -0.2) is 15.0 Å². The van der Waals surface area contributed by atoms with Crippen molar-refractivity contribution < 1.29 is 28.7 Å². The number of hydrogen-bond donors (Lipinski definition) is 1. The first-order valence-corrected chi connectivity index (χ1v) is 14.2. The summed E-state index contributed by atoms with van der Waals surface area (Å²) in [5.41, 5.74) is 0.0539. The number of carbonyl (C=O) groups excluding carboxylic acids is 4. The third-order valence-electron chi connectivity index (χ3n) is 6.69. The van der Waals surface area contributed by atoms with E-state index in [1.165, 1.54) is 4.90 Å². The average Bonchev–Trinajstić information content (AvgIpc) is 2.88. The molecule has 4 amide bonds. The molecule has 1 saturated heterocycles. The molecule has 1 aliphatic rings. The zero-order valence-corrected chi connectivity index (χ0v) is 26.1. The van der Waals surface area contributed by atoms with Crippen LogP contribution in [0.3, 0.4) is 0 Å². The van der Waals surface area contributed by atoms with Crippen LogP contribution in [0, 0.1) is 5.92 Å². The molecule has 3 rings (SSSR count). The summed E-state index contributed by atoms with van der Waals surface area (Å²) in [4.78, 5) is 58.9. The number of rotatable bonds is 5. The van der Waals surface area contributed by atoms with Crippen LogP contribution in [0.15, 0.2) is 60.7 Å². The van der Waals surface area contributed by atoms with Crippen molar-refractivity contribution in [2.45, 2.75) is 84.7 Å². The first kappa shape index (κ1) is 32.4. The number of benzene rings is 2. The van der Waals surface area contributed by atoms with Gasteiger partial charge < -0.3 is 19.3 Å². The molecule has 0 aliphatic carbocycles. The fourth-order valence-electron chi connectivity index (χ4n) is 5.18. The number of nitrogens with zero attached hydrogens (tertiary/aromatic N) is 3. The largest absolute Gasteiger partial charge is 0.443 e. The Hall–Kier alpha value is -4.08. The molecule has 2 atom stereocenters. The van der Waals surface area contributed by atoms with Crippen molar-refractivity contribution in [1.29, 1.82) is 0 Å². The number of hydrogen-bond acceptors (Lipinski definition) is 6. The minimum Gasteiger partial charge on any atom is -0.443 e. The van der Waals surface area contributed by atoms with Crippen molar-refractivity contribution in [3.8, 4) is 0 Å². The van der Waals surface area contributed by atoms with Gasteiger partial charge in [0.2, 0.25) is 0 Å². The second kappa shape index (κ2) is 12.4. The third-order valence-corrected chi connectivity index (χ3v) is 6.69. The SMILES string of the molecule is CC(C)[C@@H]1N(C)C(=O)[C@@](Cc2ccccc2)(N(NC(=O)OC(C)(C)C)C(=O)OC(C)(C)C)CN1C(=O)c1ccccc1. The van der Waals surface area contributed by atoms with E-state index < -0.39 is 41.0 Å². The van der Waals surface area contributed by atoms with Gasteiger partial charge in [0, 0.05) is 19.0 Å². The Morgan fingerprint density at radius 2 is 1.45 bits per heavy atom. The second-order valence-corrected chi connectivity index (χ2v) is 13.0. The third kappa shape index (κ3) is 7.60. The Bertz CT molecular complexity index is 1270. The summed E-state index contributed by atoms with van der Waals surface area (Å²) in [6.45, 7) is 13.8. The molecule has 2 aromatic rings. The summed E-state index contributed by atoms with van der Waals surface area (Å²) < 4.78 is 11.2. The minimum atomic E-state index is -1.79. The Balaban J connectivity index is 2.25. The van der Waals surface area contributed by atoms with Gasteiger partial charge in [0.1, 0.15) is 17.4 Å². The molecule has 10 nitrogen and oxygen atoms in total. The van der Waals surface area contributed by atoms with Gasteiger partial charge in [-0.3, -0.25) is 9.59 Å². The quantitative estimate of drug-likeness (QED) is 0.485. The maximum Gasteiger partial charge on any atom is 0.430 e.